The molecule has 16 heavy (non-hydrogen) atoms. The van der Waals surface area contributed by atoms with E-state index < -0.39 is 0 Å². The molecule has 0 saturated heterocycles. The Labute approximate surface area is 94.7 Å². The van der Waals surface area contributed by atoms with Gasteiger partial charge in [0.2, 0.25) is 0 Å². The summed E-state index contributed by atoms with van der Waals surface area (Å²) in [5, 5.41) is 5.18. The molecule has 0 N–H and O–H groups in total. The average Bonchev–Trinajstić information content (AvgIpc) is 2.29. The average molecular weight is 207 g/mol. The maximum absolute atomic E-state index is 4.39. The van der Waals surface area contributed by atoms with Crippen molar-refractivity contribution < 1.29 is 0 Å². The van der Waals surface area contributed by atoms with E-state index in [-0.39, 0.29) is 0 Å². The lowest BCUT2D eigenvalue weighted by Crippen LogP contribution is -1.86. The summed E-state index contributed by atoms with van der Waals surface area (Å²) in [6.07, 6.45) is 1.87. The zero-order chi connectivity index (χ0) is 11.1. The zero-order valence-electron chi connectivity index (χ0n) is 9.49. The molecule has 0 radical (unpaired) electrons. The number of hydrogen-bond donors (Lipinski definition) is 0. The molecule has 0 bridgehead atoms. The summed E-state index contributed by atoms with van der Waals surface area (Å²) in [5.41, 5.74) is 2.43. The number of hydrogen-bond acceptors (Lipinski definition) is 1. The molecule has 1 nitrogen and oxygen atoms in total. The number of nitrogens with zero attached hydrogens (tertiary/aromatic N) is 1. The Kier molecular flexibility index (Phi) is 1.93. The van der Waals surface area contributed by atoms with Crippen molar-refractivity contribution in [2.24, 2.45) is 0 Å². The molecule has 0 unspecified atom stereocenters. The van der Waals surface area contributed by atoms with E-state index in [0.29, 0.717) is 0 Å². The number of rotatable bonds is 0. The van der Waals surface area contributed by atoms with E-state index in [4.69, 9.17) is 0 Å². The van der Waals surface area contributed by atoms with Crippen LogP contribution in [0.15, 0.2) is 42.6 Å². The van der Waals surface area contributed by atoms with Crippen LogP contribution in [0.1, 0.15) is 11.3 Å². The highest BCUT2D eigenvalue weighted by Crippen LogP contribution is 2.28. The van der Waals surface area contributed by atoms with Gasteiger partial charge >= 0.3 is 0 Å². The SMILES string of the molecule is Cc1cccc2c1ccc1ccnc(C)c12. The second kappa shape index (κ2) is 3.31. The van der Waals surface area contributed by atoms with Gasteiger partial charge in [-0.05, 0) is 41.6 Å². The molecule has 1 heteroatoms. The molecular weight excluding hydrogens is 194 g/mol. The van der Waals surface area contributed by atoms with Crippen LogP contribution in [0.2, 0.25) is 0 Å². The Hall–Kier alpha value is -1.89. The third kappa shape index (κ3) is 1.21. The van der Waals surface area contributed by atoms with Crippen LogP contribution >= 0.6 is 0 Å². The van der Waals surface area contributed by atoms with Gasteiger partial charge < -0.3 is 0 Å². The van der Waals surface area contributed by atoms with Gasteiger partial charge in [0.05, 0.1) is 0 Å². The van der Waals surface area contributed by atoms with Gasteiger partial charge in [0, 0.05) is 17.3 Å². The summed E-state index contributed by atoms with van der Waals surface area (Å²) in [4.78, 5) is 4.39. The van der Waals surface area contributed by atoms with Crippen molar-refractivity contribution in [1.29, 1.82) is 0 Å². The predicted octanol–water partition coefficient (Wildman–Crippen LogP) is 4.00. The number of pyridine rings is 1. The minimum atomic E-state index is 1.11. The summed E-state index contributed by atoms with van der Waals surface area (Å²) in [6, 6.07) is 12.9. The Morgan fingerprint density at radius 3 is 2.62 bits per heavy atom. The van der Waals surface area contributed by atoms with Gasteiger partial charge in [-0.2, -0.15) is 0 Å². The fraction of sp³-hybridized carbons (Fsp3) is 0.133. The van der Waals surface area contributed by atoms with E-state index in [9.17, 15) is 0 Å². The van der Waals surface area contributed by atoms with E-state index >= 15 is 0 Å². The van der Waals surface area contributed by atoms with Crippen LogP contribution < -0.4 is 0 Å². The number of benzene rings is 2. The highest BCUT2D eigenvalue weighted by molar-refractivity contribution is 6.09. The van der Waals surface area contributed by atoms with E-state index in [1.807, 2.05) is 6.20 Å². The van der Waals surface area contributed by atoms with Crippen molar-refractivity contribution in [2.45, 2.75) is 13.8 Å². The van der Waals surface area contributed by atoms with Crippen molar-refractivity contribution in [3.05, 3.63) is 53.9 Å². The first-order valence-electron chi connectivity index (χ1n) is 5.51. The monoisotopic (exact) mass is 207 g/mol. The molecule has 1 heterocycles. The Morgan fingerprint density at radius 2 is 1.75 bits per heavy atom. The lowest BCUT2D eigenvalue weighted by Gasteiger charge is -2.07. The fourth-order valence-corrected chi connectivity index (χ4v) is 2.37. The molecule has 1 aromatic heterocycles. The standard InChI is InChI=1S/C15H13N/c1-10-4-3-5-14-13(10)7-6-12-8-9-16-11(2)15(12)14/h3-9H,1-2H3. The van der Waals surface area contributed by atoms with E-state index in [0.717, 1.165) is 5.69 Å². The number of aromatic nitrogens is 1. The quantitative estimate of drug-likeness (QED) is 0.508. The van der Waals surface area contributed by atoms with Crippen molar-refractivity contribution in [3.8, 4) is 0 Å². The summed E-state index contributed by atoms with van der Waals surface area (Å²) in [6.45, 7) is 4.23. The summed E-state index contributed by atoms with van der Waals surface area (Å²) in [5.74, 6) is 0. The van der Waals surface area contributed by atoms with Gasteiger partial charge in [-0.1, -0.05) is 30.3 Å². The smallest absolute Gasteiger partial charge is 0.0457 e. The zero-order valence-corrected chi connectivity index (χ0v) is 9.49. The van der Waals surface area contributed by atoms with Gasteiger partial charge in [-0.3, -0.25) is 4.98 Å². The highest BCUT2D eigenvalue weighted by atomic mass is 14.7. The van der Waals surface area contributed by atoms with Crippen LogP contribution in [0.4, 0.5) is 0 Å². The van der Waals surface area contributed by atoms with Crippen molar-refractivity contribution in [3.63, 3.8) is 0 Å². The molecule has 3 rings (SSSR count). The first-order chi connectivity index (χ1) is 7.77. The first-order valence-corrected chi connectivity index (χ1v) is 5.51. The van der Waals surface area contributed by atoms with Crippen molar-refractivity contribution >= 4 is 21.5 Å². The normalized spacial score (nSPS) is 11.1. The molecule has 0 amide bonds. The summed E-state index contributed by atoms with van der Waals surface area (Å²) >= 11 is 0. The van der Waals surface area contributed by atoms with Gasteiger partial charge in [-0.25, -0.2) is 0 Å². The van der Waals surface area contributed by atoms with Crippen LogP contribution in [-0.2, 0) is 0 Å². The Morgan fingerprint density at radius 1 is 0.875 bits per heavy atom. The lowest BCUT2D eigenvalue weighted by molar-refractivity contribution is 1.24. The van der Waals surface area contributed by atoms with Gasteiger partial charge in [0.15, 0.2) is 0 Å². The fourth-order valence-electron chi connectivity index (χ4n) is 2.37. The van der Waals surface area contributed by atoms with E-state index in [1.54, 1.807) is 0 Å². The van der Waals surface area contributed by atoms with Crippen molar-refractivity contribution in [1.82, 2.24) is 4.98 Å². The molecule has 0 aliphatic carbocycles. The molecule has 0 fully saturated rings. The lowest BCUT2D eigenvalue weighted by atomic mass is 9.99. The second-order valence-corrected chi connectivity index (χ2v) is 4.23. The summed E-state index contributed by atoms with van der Waals surface area (Å²) < 4.78 is 0. The van der Waals surface area contributed by atoms with Crippen LogP contribution in [0, 0.1) is 13.8 Å². The molecule has 0 atom stereocenters. The molecular formula is C15H13N. The van der Waals surface area contributed by atoms with Crippen LogP contribution in [0.5, 0.6) is 0 Å². The highest BCUT2D eigenvalue weighted by Gasteiger charge is 2.04. The molecule has 2 aromatic carbocycles. The largest absolute Gasteiger partial charge is 0.261 e. The summed E-state index contributed by atoms with van der Waals surface area (Å²) in [7, 11) is 0. The maximum atomic E-state index is 4.39. The van der Waals surface area contributed by atoms with E-state index in [2.05, 4.69) is 55.2 Å². The van der Waals surface area contributed by atoms with Crippen molar-refractivity contribution in [2.75, 3.05) is 0 Å². The molecule has 0 aliphatic rings. The topological polar surface area (TPSA) is 12.9 Å². The third-order valence-electron chi connectivity index (χ3n) is 3.20. The molecule has 3 aromatic rings. The minimum absolute atomic E-state index is 1.11. The maximum Gasteiger partial charge on any atom is 0.0457 e. The van der Waals surface area contributed by atoms with Crippen LogP contribution in [0.3, 0.4) is 0 Å². The Balaban J connectivity index is 2.64. The van der Waals surface area contributed by atoms with Crippen LogP contribution in [0.25, 0.3) is 21.5 Å². The molecule has 0 saturated carbocycles. The van der Waals surface area contributed by atoms with E-state index in [1.165, 1.54) is 27.1 Å². The molecule has 0 aliphatic heterocycles. The minimum Gasteiger partial charge on any atom is -0.261 e. The Bertz CT molecular complexity index is 683. The van der Waals surface area contributed by atoms with Gasteiger partial charge in [0.1, 0.15) is 0 Å². The van der Waals surface area contributed by atoms with Gasteiger partial charge in [0.25, 0.3) is 0 Å². The third-order valence-corrected chi connectivity index (χ3v) is 3.20. The second-order valence-electron chi connectivity index (χ2n) is 4.23. The molecule has 78 valence electrons. The predicted molar refractivity (Wildman–Crippen MR) is 68.7 cm³/mol. The number of aryl methyl sites for hydroxylation is 2. The molecule has 0 spiro atoms. The van der Waals surface area contributed by atoms with Crippen LogP contribution in [-0.4, -0.2) is 4.98 Å². The first kappa shape index (κ1) is 9.34. The number of fused-ring (bicyclic) bond motifs is 3. The van der Waals surface area contributed by atoms with Gasteiger partial charge in [-0.15, -0.1) is 0 Å².